The molecule has 0 atom stereocenters. The topological polar surface area (TPSA) is 22.1 Å². The molecule has 17 heavy (non-hydrogen) atoms. The fourth-order valence-corrected chi connectivity index (χ4v) is 1.89. The van der Waals surface area contributed by atoms with Crippen molar-refractivity contribution in [2.24, 2.45) is 0 Å². The Morgan fingerprint density at radius 3 is 2.41 bits per heavy atom. The second kappa shape index (κ2) is 5.51. The van der Waals surface area contributed by atoms with Gasteiger partial charge in [0.2, 0.25) is 0 Å². The van der Waals surface area contributed by atoms with Crippen molar-refractivity contribution in [2.75, 3.05) is 0 Å². The van der Waals surface area contributed by atoms with Gasteiger partial charge in [0.25, 0.3) is 6.43 Å². The molecule has 2 nitrogen and oxygen atoms in total. The van der Waals surface area contributed by atoms with Crippen molar-refractivity contribution in [3.63, 3.8) is 0 Å². The van der Waals surface area contributed by atoms with Crippen LogP contribution in [0.3, 0.4) is 0 Å². The lowest BCUT2D eigenvalue weighted by Crippen LogP contribution is -2.19. The second-order valence-corrected chi connectivity index (χ2v) is 4.09. The van der Waals surface area contributed by atoms with Crippen molar-refractivity contribution in [2.45, 2.75) is 18.7 Å². The van der Waals surface area contributed by atoms with Crippen molar-refractivity contribution < 1.29 is 26.7 Å². The number of pyridine rings is 1. The average molecular weight is 387 g/mol. The molecule has 1 rings (SSSR count). The van der Waals surface area contributed by atoms with E-state index in [1.54, 1.807) is 0 Å². The molecular formula is C8H4ClF5INO. The standard InChI is InChI=1S/C8H4ClF5INO/c9-2-3-1-4(6(10)11)5(7(15)16-3)17-8(12,13)14/h1,6H,2H2. The van der Waals surface area contributed by atoms with E-state index in [-0.39, 0.29) is 15.3 Å². The Labute approximate surface area is 111 Å². The fraction of sp³-hybridized carbons (Fsp3) is 0.375. The van der Waals surface area contributed by atoms with Crippen LogP contribution in [0.15, 0.2) is 6.07 Å². The van der Waals surface area contributed by atoms with E-state index in [1.807, 2.05) is 0 Å². The molecule has 0 amide bonds. The Kier molecular flexibility index (Phi) is 4.76. The van der Waals surface area contributed by atoms with E-state index in [2.05, 4.69) is 9.72 Å². The molecule has 0 aliphatic heterocycles. The van der Waals surface area contributed by atoms with Gasteiger partial charge in [-0.2, -0.15) is 0 Å². The monoisotopic (exact) mass is 387 g/mol. The molecule has 0 saturated heterocycles. The molecule has 0 bridgehead atoms. The SMILES string of the molecule is FC(F)c1cc(CCl)nc(I)c1OC(F)(F)F. The number of nitrogens with zero attached hydrogens (tertiary/aromatic N) is 1. The van der Waals surface area contributed by atoms with Gasteiger partial charge in [0, 0.05) is 0 Å². The third-order valence-corrected chi connectivity index (χ3v) is 2.61. The molecule has 9 heteroatoms. The highest BCUT2D eigenvalue weighted by atomic mass is 127. The molecule has 0 spiro atoms. The number of hydrogen-bond acceptors (Lipinski definition) is 2. The summed E-state index contributed by atoms with van der Waals surface area (Å²) >= 11 is 6.77. The van der Waals surface area contributed by atoms with Crippen molar-refractivity contribution >= 4 is 34.2 Å². The lowest BCUT2D eigenvalue weighted by atomic mass is 10.2. The molecule has 0 fully saturated rings. The van der Waals surface area contributed by atoms with Gasteiger partial charge in [-0.1, -0.05) is 0 Å². The molecule has 1 aromatic rings. The van der Waals surface area contributed by atoms with Crippen LogP contribution < -0.4 is 4.74 Å². The Hall–Kier alpha value is -0.380. The third-order valence-electron chi connectivity index (χ3n) is 1.60. The molecule has 0 saturated carbocycles. The van der Waals surface area contributed by atoms with Gasteiger partial charge in [-0.3, -0.25) is 0 Å². The fourth-order valence-electron chi connectivity index (χ4n) is 1.02. The van der Waals surface area contributed by atoms with Crippen LogP contribution in [0, 0.1) is 3.70 Å². The molecule has 1 heterocycles. The Morgan fingerprint density at radius 2 is 2.00 bits per heavy atom. The van der Waals surface area contributed by atoms with Crippen LogP contribution in [0.1, 0.15) is 17.7 Å². The summed E-state index contributed by atoms with van der Waals surface area (Å²) in [5.74, 6) is -1.16. The lowest BCUT2D eigenvalue weighted by Gasteiger charge is -2.14. The summed E-state index contributed by atoms with van der Waals surface area (Å²) in [5, 5.41) is 0. The summed E-state index contributed by atoms with van der Waals surface area (Å²) < 4.78 is 64.4. The third kappa shape index (κ3) is 4.09. The van der Waals surface area contributed by atoms with Crippen LogP contribution in [-0.4, -0.2) is 11.3 Å². The first-order valence-corrected chi connectivity index (χ1v) is 5.65. The van der Waals surface area contributed by atoms with Gasteiger partial charge < -0.3 is 4.74 Å². The normalized spacial score (nSPS) is 12.0. The number of alkyl halides is 6. The van der Waals surface area contributed by atoms with Crippen LogP contribution in [0.25, 0.3) is 0 Å². The van der Waals surface area contributed by atoms with Gasteiger partial charge in [-0.25, -0.2) is 13.8 Å². The summed E-state index contributed by atoms with van der Waals surface area (Å²) in [5.41, 5.74) is -0.821. The van der Waals surface area contributed by atoms with Gasteiger partial charge in [0.15, 0.2) is 5.75 Å². The number of aromatic nitrogens is 1. The maximum Gasteiger partial charge on any atom is 0.573 e. The van der Waals surface area contributed by atoms with Gasteiger partial charge in [-0.05, 0) is 28.7 Å². The number of rotatable bonds is 3. The summed E-state index contributed by atoms with van der Waals surface area (Å²) in [6.45, 7) is 0. The maximum atomic E-state index is 12.6. The first-order chi connectivity index (χ1) is 7.74. The lowest BCUT2D eigenvalue weighted by molar-refractivity contribution is -0.275. The first kappa shape index (κ1) is 14.7. The molecule has 96 valence electrons. The minimum atomic E-state index is -5.05. The van der Waals surface area contributed by atoms with E-state index in [9.17, 15) is 22.0 Å². The molecule has 1 aromatic heterocycles. The minimum Gasteiger partial charge on any atom is -0.402 e. The molecule has 0 unspecified atom stereocenters. The van der Waals surface area contributed by atoms with E-state index < -0.39 is 24.1 Å². The van der Waals surface area contributed by atoms with E-state index >= 15 is 0 Å². The van der Waals surface area contributed by atoms with E-state index in [1.165, 1.54) is 22.6 Å². The summed E-state index contributed by atoms with van der Waals surface area (Å²) in [4.78, 5) is 3.62. The predicted molar refractivity (Wildman–Crippen MR) is 58.2 cm³/mol. The quantitative estimate of drug-likeness (QED) is 0.335. The largest absolute Gasteiger partial charge is 0.573 e. The molecule has 0 aliphatic carbocycles. The van der Waals surface area contributed by atoms with Gasteiger partial charge in [0.1, 0.15) is 3.70 Å². The van der Waals surface area contributed by atoms with Gasteiger partial charge >= 0.3 is 6.36 Å². The first-order valence-electron chi connectivity index (χ1n) is 4.03. The van der Waals surface area contributed by atoms with Crippen LogP contribution in [0.5, 0.6) is 5.75 Å². The Bertz CT molecular complexity index is 412. The van der Waals surface area contributed by atoms with E-state index in [0.29, 0.717) is 0 Å². The highest BCUT2D eigenvalue weighted by Crippen LogP contribution is 2.36. The van der Waals surface area contributed by atoms with Crippen LogP contribution >= 0.6 is 34.2 Å². The summed E-state index contributed by atoms with van der Waals surface area (Å²) in [6.07, 6.45) is -8.15. The summed E-state index contributed by atoms with van der Waals surface area (Å²) in [7, 11) is 0. The maximum absolute atomic E-state index is 12.6. The van der Waals surface area contributed by atoms with Gasteiger partial charge in [-0.15, -0.1) is 24.8 Å². The Balaban J connectivity index is 3.27. The van der Waals surface area contributed by atoms with Crippen molar-refractivity contribution in [3.05, 3.63) is 21.0 Å². The number of halogens is 7. The van der Waals surface area contributed by atoms with Crippen molar-refractivity contribution in [1.29, 1.82) is 0 Å². The van der Waals surface area contributed by atoms with Crippen LogP contribution in [0.4, 0.5) is 22.0 Å². The smallest absolute Gasteiger partial charge is 0.402 e. The zero-order chi connectivity index (χ0) is 13.2. The van der Waals surface area contributed by atoms with Crippen molar-refractivity contribution in [1.82, 2.24) is 4.98 Å². The average Bonchev–Trinajstić information content (AvgIpc) is 2.18. The van der Waals surface area contributed by atoms with Crippen molar-refractivity contribution in [3.8, 4) is 5.75 Å². The summed E-state index contributed by atoms with van der Waals surface area (Å²) in [6, 6.07) is 0.793. The number of ether oxygens (including phenoxy) is 1. The molecule has 0 aromatic carbocycles. The molecule has 0 aliphatic rings. The zero-order valence-corrected chi connectivity index (χ0v) is 10.8. The Morgan fingerprint density at radius 1 is 1.41 bits per heavy atom. The zero-order valence-electron chi connectivity index (χ0n) is 7.86. The molecule has 0 radical (unpaired) electrons. The van der Waals surface area contributed by atoms with Crippen LogP contribution in [-0.2, 0) is 5.88 Å². The second-order valence-electron chi connectivity index (χ2n) is 2.80. The molecular weight excluding hydrogens is 383 g/mol. The van der Waals surface area contributed by atoms with E-state index in [4.69, 9.17) is 11.6 Å². The highest BCUT2D eigenvalue weighted by Gasteiger charge is 2.35. The number of hydrogen-bond donors (Lipinski definition) is 0. The van der Waals surface area contributed by atoms with Gasteiger partial charge in [0.05, 0.1) is 17.1 Å². The minimum absolute atomic E-state index is 0.0564. The predicted octanol–water partition coefficient (Wildman–Crippen LogP) is 4.26. The molecule has 0 N–H and O–H groups in total. The van der Waals surface area contributed by atoms with Crippen LogP contribution in [0.2, 0.25) is 0 Å². The highest BCUT2D eigenvalue weighted by molar-refractivity contribution is 14.1. The van der Waals surface area contributed by atoms with E-state index in [0.717, 1.165) is 6.07 Å².